The van der Waals surface area contributed by atoms with Crippen molar-refractivity contribution in [1.29, 1.82) is 0 Å². The summed E-state index contributed by atoms with van der Waals surface area (Å²) in [5.41, 5.74) is 1.89. The largest absolute Gasteiger partial charge is 0.494 e. The SMILES string of the molecule is CCCOc1ccc(C2CC(c3sccc3Br)=CC(=O)C2C(=O)OCC)cc1. The maximum atomic E-state index is 12.9. The summed E-state index contributed by atoms with van der Waals surface area (Å²) in [6, 6.07) is 9.66. The van der Waals surface area contributed by atoms with Gasteiger partial charge in [0.2, 0.25) is 0 Å². The third-order valence-corrected chi connectivity index (χ3v) is 6.61. The molecule has 0 aliphatic heterocycles. The molecule has 2 unspecified atom stereocenters. The topological polar surface area (TPSA) is 52.6 Å². The first-order chi connectivity index (χ1) is 13.5. The third-order valence-electron chi connectivity index (χ3n) is 4.70. The molecule has 0 bridgehead atoms. The van der Waals surface area contributed by atoms with Crippen molar-refractivity contribution < 1.29 is 19.1 Å². The van der Waals surface area contributed by atoms with E-state index in [1.165, 1.54) is 0 Å². The molecule has 148 valence electrons. The second-order valence-electron chi connectivity index (χ2n) is 6.63. The van der Waals surface area contributed by atoms with Gasteiger partial charge in [-0.25, -0.2) is 0 Å². The van der Waals surface area contributed by atoms with Crippen molar-refractivity contribution in [2.45, 2.75) is 32.6 Å². The van der Waals surface area contributed by atoms with Crippen LogP contribution in [0.1, 0.15) is 43.0 Å². The van der Waals surface area contributed by atoms with Crippen molar-refractivity contribution in [3.05, 3.63) is 56.7 Å². The van der Waals surface area contributed by atoms with Crippen LogP contribution in [0, 0.1) is 5.92 Å². The molecular formula is C22H23BrO4S. The van der Waals surface area contributed by atoms with Gasteiger partial charge in [0.05, 0.1) is 13.2 Å². The van der Waals surface area contributed by atoms with E-state index in [1.54, 1.807) is 24.3 Å². The van der Waals surface area contributed by atoms with Gasteiger partial charge in [0.25, 0.3) is 0 Å². The highest BCUT2D eigenvalue weighted by molar-refractivity contribution is 9.10. The van der Waals surface area contributed by atoms with Gasteiger partial charge in [0.1, 0.15) is 11.7 Å². The van der Waals surface area contributed by atoms with Crippen molar-refractivity contribution in [3.8, 4) is 5.75 Å². The smallest absolute Gasteiger partial charge is 0.317 e. The minimum Gasteiger partial charge on any atom is -0.494 e. The van der Waals surface area contributed by atoms with E-state index in [0.29, 0.717) is 13.0 Å². The molecule has 2 atom stereocenters. The number of allylic oxidation sites excluding steroid dienone is 2. The fourth-order valence-electron chi connectivity index (χ4n) is 3.41. The number of carbonyl (C=O) groups is 2. The van der Waals surface area contributed by atoms with Gasteiger partial charge in [-0.2, -0.15) is 0 Å². The first-order valence-electron chi connectivity index (χ1n) is 9.42. The minimum atomic E-state index is -0.815. The number of rotatable bonds is 7. The molecule has 3 rings (SSSR count). The predicted molar refractivity (Wildman–Crippen MR) is 115 cm³/mol. The number of benzene rings is 1. The third kappa shape index (κ3) is 4.55. The molecule has 28 heavy (non-hydrogen) atoms. The van der Waals surface area contributed by atoms with E-state index in [1.807, 2.05) is 35.7 Å². The van der Waals surface area contributed by atoms with Crippen molar-refractivity contribution in [1.82, 2.24) is 0 Å². The average Bonchev–Trinajstić information content (AvgIpc) is 3.12. The monoisotopic (exact) mass is 462 g/mol. The van der Waals surface area contributed by atoms with Crippen LogP contribution in [0.2, 0.25) is 0 Å². The molecule has 1 heterocycles. The zero-order valence-corrected chi connectivity index (χ0v) is 18.3. The molecule has 0 amide bonds. The minimum absolute atomic E-state index is 0.198. The quantitative estimate of drug-likeness (QED) is 0.395. The van der Waals surface area contributed by atoms with Crippen LogP contribution < -0.4 is 4.74 Å². The molecule has 4 nitrogen and oxygen atoms in total. The average molecular weight is 463 g/mol. The highest BCUT2D eigenvalue weighted by Gasteiger charge is 2.40. The van der Waals surface area contributed by atoms with Crippen LogP contribution in [0.5, 0.6) is 5.75 Å². The predicted octanol–water partition coefficient (Wildman–Crippen LogP) is 5.62. The lowest BCUT2D eigenvalue weighted by atomic mass is 9.74. The van der Waals surface area contributed by atoms with Crippen LogP contribution in [0.15, 0.2) is 46.3 Å². The summed E-state index contributed by atoms with van der Waals surface area (Å²) in [6.07, 6.45) is 3.14. The Morgan fingerprint density at radius 3 is 2.57 bits per heavy atom. The van der Waals surface area contributed by atoms with Crippen LogP contribution in [0.3, 0.4) is 0 Å². The molecule has 0 saturated carbocycles. The molecule has 0 spiro atoms. The molecule has 0 fully saturated rings. The fourth-order valence-corrected chi connectivity index (χ4v) is 5.07. The molecule has 2 aromatic rings. The normalized spacial score (nSPS) is 19.2. The van der Waals surface area contributed by atoms with Crippen LogP contribution in [0.25, 0.3) is 5.57 Å². The van der Waals surface area contributed by atoms with E-state index < -0.39 is 11.9 Å². The molecule has 1 aliphatic rings. The van der Waals surface area contributed by atoms with Gasteiger partial charge in [-0.1, -0.05) is 19.1 Å². The summed E-state index contributed by atoms with van der Waals surface area (Å²) in [6.45, 7) is 4.73. The summed E-state index contributed by atoms with van der Waals surface area (Å²) in [4.78, 5) is 26.5. The lowest BCUT2D eigenvalue weighted by molar-refractivity contribution is -0.151. The van der Waals surface area contributed by atoms with E-state index in [-0.39, 0.29) is 18.3 Å². The molecular weight excluding hydrogens is 440 g/mol. The van der Waals surface area contributed by atoms with E-state index in [2.05, 4.69) is 22.9 Å². The Hall–Kier alpha value is -1.92. The zero-order chi connectivity index (χ0) is 20.1. The Labute approximate surface area is 177 Å². The number of halogens is 1. The number of thiophene rings is 1. The Morgan fingerprint density at radius 1 is 1.21 bits per heavy atom. The highest BCUT2D eigenvalue weighted by atomic mass is 79.9. The van der Waals surface area contributed by atoms with E-state index in [9.17, 15) is 9.59 Å². The van der Waals surface area contributed by atoms with Crippen LogP contribution in [0.4, 0.5) is 0 Å². The number of ketones is 1. The maximum absolute atomic E-state index is 12.9. The summed E-state index contributed by atoms with van der Waals surface area (Å²) in [5, 5.41) is 1.98. The molecule has 0 N–H and O–H groups in total. The molecule has 0 saturated heterocycles. The number of esters is 1. The van der Waals surface area contributed by atoms with Crippen LogP contribution in [-0.2, 0) is 14.3 Å². The van der Waals surface area contributed by atoms with Crippen LogP contribution in [-0.4, -0.2) is 25.0 Å². The summed E-state index contributed by atoms with van der Waals surface area (Å²) in [5.74, 6) is -0.941. The van der Waals surface area contributed by atoms with Crippen LogP contribution >= 0.6 is 27.3 Å². The molecule has 0 radical (unpaired) electrons. The Morgan fingerprint density at radius 2 is 1.96 bits per heavy atom. The highest BCUT2D eigenvalue weighted by Crippen LogP contribution is 2.43. The van der Waals surface area contributed by atoms with Crippen molar-refractivity contribution in [2.75, 3.05) is 13.2 Å². The van der Waals surface area contributed by atoms with E-state index in [4.69, 9.17) is 9.47 Å². The van der Waals surface area contributed by atoms with Crippen molar-refractivity contribution in [3.63, 3.8) is 0 Å². The number of hydrogen-bond acceptors (Lipinski definition) is 5. The Balaban J connectivity index is 1.94. The van der Waals surface area contributed by atoms with Gasteiger partial charge in [0.15, 0.2) is 5.78 Å². The zero-order valence-electron chi connectivity index (χ0n) is 15.9. The lowest BCUT2D eigenvalue weighted by Gasteiger charge is -2.29. The van der Waals surface area contributed by atoms with Crippen molar-refractivity contribution in [2.24, 2.45) is 5.92 Å². The molecule has 1 aromatic heterocycles. The van der Waals surface area contributed by atoms with Gasteiger partial charge >= 0.3 is 5.97 Å². The fraction of sp³-hybridized carbons (Fsp3) is 0.364. The molecule has 6 heteroatoms. The first-order valence-corrected chi connectivity index (χ1v) is 11.1. The van der Waals surface area contributed by atoms with Gasteiger partial charge in [-0.15, -0.1) is 11.3 Å². The standard InChI is InChI=1S/C22H23BrO4S/c1-3-10-27-16-7-5-14(6-8-16)17-12-15(21-18(23)9-11-28-21)13-19(24)20(17)22(25)26-4-2/h5-9,11,13,17,20H,3-4,10,12H2,1-2H3. The summed E-state index contributed by atoms with van der Waals surface area (Å²) >= 11 is 5.13. The van der Waals surface area contributed by atoms with Gasteiger partial charge in [-0.3, -0.25) is 9.59 Å². The maximum Gasteiger partial charge on any atom is 0.317 e. The lowest BCUT2D eigenvalue weighted by Crippen LogP contribution is -2.33. The van der Waals surface area contributed by atoms with Gasteiger partial charge in [0, 0.05) is 15.3 Å². The molecule has 1 aliphatic carbocycles. The van der Waals surface area contributed by atoms with Gasteiger partial charge in [-0.05, 0) is 76.5 Å². The number of carbonyl (C=O) groups excluding carboxylic acids is 2. The molecule has 1 aromatic carbocycles. The first kappa shape index (κ1) is 20.8. The second-order valence-corrected chi connectivity index (χ2v) is 8.40. The summed E-state index contributed by atoms with van der Waals surface area (Å²) in [7, 11) is 0. The Kier molecular flexibility index (Phi) is 7.08. The van der Waals surface area contributed by atoms with E-state index in [0.717, 1.165) is 32.7 Å². The number of hydrogen-bond donors (Lipinski definition) is 0. The van der Waals surface area contributed by atoms with E-state index >= 15 is 0 Å². The second kappa shape index (κ2) is 9.52. The van der Waals surface area contributed by atoms with Gasteiger partial charge < -0.3 is 9.47 Å². The Bertz CT molecular complexity index is 869. The van der Waals surface area contributed by atoms with Crippen molar-refractivity contribution >= 4 is 44.6 Å². The number of ether oxygens (including phenoxy) is 2. The summed E-state index contributed by atoms with van der Waals surface area (Å²) < 4.78 is 11.8.